The second kappa shape index (κ2) is 7.93. The van der Waals surface area contributed by atoms with Gasteiger partial charge in [0.25, 0.3) is 0 Å². The van der Waals surface area contributed by atoms with Crippen molar-refractivity contribution in [3.63, 3.8) is 0 Å². The van der Waals surface area contributed by atoms with Gasteiger partial charge in [0.1, 0.15) is 5.78 Å². The van der Waals surface area contributed by atoms with Crippen LogP contribution in [0.3, 0.4) is 0 Å². The largest absolute Gasteiger partial charge is 0.396 e. The maximum atomic E-state index is 13.9. The van der Waals surface area contributed by atoms with Crippen LogP contribution in [-0.2, 0) is 4.79 Å². The summed E-state index contributed by atoms with van der Waals surface area (Å²) in [5.74, 6) is 3.78. The molecule has 4 saturated carbocycles. The maximum Gasteiger partial charge on any atom is 0.139 e. The quantitative estimate of drug-likeness (QED) is 0.659. The molecule has 3 heteroatoms. The van der Waals surface area contributed by atoms with E-state index in [1.165, 1.54) is 25.7 Å². The van der Waals surface area contributed by atoms with Gasteiger partial charge in [-0.2, -0.15) is 0 Å². The third kappa shape index (κ3) is 3.25. The number of carbonyl (C=O) groups is 1. The second-order valence-corrected chi connectivity index (χ2v) is 11.8. The first kappa shape index (κ1) is 21.8. The first-order chi connectivity index (χ1) is 13.8. The van der Waals surface area contributed by atoms with Crippen LogP contribution in [0.1, 0.15) is 91.9 Å². The summed E-state index contributed by atoms with van der Waals surface area (Å²) in [7, 11) is 0. The summed E-state index contributed by atoms with van der Waals surface area (Å²) in [6, 6.07) is 0. The highest BCUT2D eigenvalue weighted by Gasteiger charge is 2.64. The van der Waals surface area contributed by atoms with Crippen molar-refractivity contribution in [1.82, 2.24) is 0 Å². The molecule has 0 aromatic rings. The van der Waals surface area contributed by atoms with Crippen LogP contribution in [0.15, 0.2) is 0 Å². The molecule has 3 nitrogen and oxygen atoms in total. The van der Waals surface area contributed by atoms with E-state index in [2.05, 4.69) is 27.7 Å². The van der Waals surface area contributed by atoms with Gasteiger partial charge < -0.3 is 10.2 Å². The van der Waals surface area contributed by atoms with Crippen molar-refractivity contribution < 1.29 is 15.0 Å². The Morgan fingerprint density at radius 2 is 1.72 bits per heavy atom. The summed E-state index contributed by atoms with van der Waals surface area (Å²) >= 11 is 0. The fourth-order valence-corrected chi connectivity index (χ4v) is 9.22. The molecular formula is C26H44O3. The highest BCUT2D eigenvalue weighted by Crippen LogP contribution is 2.68. The average Bonchev–Trinajstić information content (AvgIpc) is 3.05. The zero-order valence-electron chi connectivity index (χ0n) is 19.2. The number of rotatable bonds is 5. The molecule has 0 bridgehead atoms. The molecule has 0 saturated heterocycles. The van der Waals surface area contributed by atoms with Gasteiger partial charge in [-0.3, -0.25) is 4.79 Å². The number of aliphatic hydroxyl groups is 2. The normalized spacial score (nSPS) is 50.6. The van der Waals surface area contributed by atoms with Crippen LogP contribution < -0.4 is 0 Å². The number of Topliss-reactive ketones (excluding diaryl/α,β-unsaturated/α-hetero) is 1. The van der Waals surface area contributed by atoms with Crippen LogP contribution >= 0.6 is 0 Å². The molecule has 0 spiro atoms. The molecule has 0 unspecified atom stereocenters. The van der Waals surface area contributed by atoms with Crippen LogP contribution in [0.4, 0.5) is 0 Å². The Morgan fingerprint density at radius 3 is 2.41 bits per heavy atom. The Balaban J connectivity index is 1.64. The van der Waals surface area contributed by atoms with E-state index in [1.807, 2.05) is 0 Å². The maximum absolute atomic E-state index is 13.9. The Kier molecular flexibility index (Phi) is 5.97. The van der Waals surface area contributed by atoms with Crippen molar-refractivity contribution in [3.05, 3.63) is 0 Å². The molecule has 0 aliphatic heterocycles. The topological polar surface area (TPSA) is 57.5 Å². The highest BCUT2D eigenvalue weighted by atomic mass is 16.3. The minimum absolute atomic E-state index is 0.157. The summed E-state index contributed by atoms with van der Waals surface area (Å²) in [6.45, 7) is 9.87. The van der Waals surface area contributed by atoms with Gasteiger partial charge in [-0.15, -0.1) is 0 Å². The fourth-order valence-electron chi connectivity index (χ4n) is 9.22. The second-order valence-electron chi connectivity index (χ2n) is 11.8. The lowest BCUT2D eigenvalue weighted by atomic mass is 9.42. The van der Waals surface area contributed by atoms with Gasteiger partial charge in [0.2, 0.25) is 0 Å². The van der Waals surface area contributed by atoms with Crippen LogP contribution in [-0.4, -0.2) is 28.7 Å². The fraction of sp³-hybridized carbons (Fsp3) is 0.962. The third-order valence-electron chi connectivity index (χ3n) is 10.7. The van der Waals surface area contributed by atoms with E-state index < -0.39 is 0 Å². The number of ketones is 1. The van der Waals surface area contributed by atoms with Crippen molar-refractivity contribution in [2.24, 2.45) is 52.3 Å². The lowest BCUT2D eigenvalue weighted by Gasteiger charge is -2.62. The predicted molar refractivity (Wildman–Crippen MR) is 116 cm³/mol. The Morgan fingerprint density at radius 1 is 1.03 bits per heavy atom. The Hall–Kier alpha value is -0.410. The SMILES string of the molecule is CC[C@H]1C(=O)[C@@H]2[C@H](CC[C@]3(C)[C@@H]([C@H](C)CCCO)CC[C@@H]23)[C@@]2(C)CC[C@@H](O)C[C@@H]12. The molecule has 10 atom stereocenters. The van der Waals surface area contributed by atoms with Crippen molar-refractivity contribution >= 4 is 5.78 Å². The Bertz CT molecular complexity index is 617. The molecule has 4 rings (SSSR count). The van der Waals surface area contributed by atoms with Crippen LogP contribution in [0.25, 0.3) is 0 Å². The van der Waals surface area contributed by atoms with Gasteiger partial charge in [-0.25, -0.2) is 0 Å². The van der Waals surface area contributed by atoms with E-state index in [-0.39, 0.29) is 23.4 Å². The predicted octanol–water partition coefficient (Wildman–Crippen LogP) is 5.23. The molecule has 166 valence electrons. The number of fused-ring (bicyclic) bond motifs is 5. The van der Waals surface area contributed by atoms with Gasteiger partial charge in [0.15, 0.2) is 0 Å². The molecule has 4 aliphatic rings. The smallest absolute Gasteiger partial charge is 0.139 e. The Labute approximate surface area is 178 Å². The molecule has 29 heavy (non-hydrogen) atoms. The minimum Gasteiger partial charge on any atom is -0.396 e. The van der Waals surface area contributed by atoms with Gasteiger partial charge >= 0.3 is 0 Å². The number of hydrogen-bond acceptors (Lipinski definition) is 3. The zero-order chi connectivity index (χ0) is 21.0. The van der Waals surface area contributed by atoms with Crippen molar-refractivity contribution in [3.8, 4) is 0 Å². The van der Waals surface area contributed by atoms with E-state index in [1.54, 1.807) is 0 Å². The zero-order valence-corrected chi connectivity index (χ0v) is 19.2. The van der Waals surface area contributed by atoms with Gasteiger partial charge in [-0.1, -0.05) is 27.7 Å². The van der Waals surface area contributed by atoms with Crippen LogP contribution in [0, 0.1) is 52.3 Å². The van der Waals surface area contributed by atoms with E-state index >= 15 is 0 Å². The summed E-state index contributed by atoms with van der Waals surface area (Å²) in [5.41, 5.74) is 0.530. The van der Waals surface area contributed by atoms with E-state index in [9.17, 15) is 15.0 Å². The minimum atomic E-state index is -0.205. The molecule has 2 N–H and O–H groups in total. The molecule has 0 radical (unpaired) electrons. The first-order valence-corrected chi connectivity index (χ1v) is 12.6. The van der Waals surface area contributed by atoms with E-state index in [4.69, 9.17) is 0 Å². The lowest BCUT2D eigenvalue weighted by Crippen LogP contribution is -2.60. The van der Waals surface area contributed by atoms with E-state index in [0.717, 1.165) is 38.5 Å². The number of aliphatic hydroxyl groups excluding tert-OH is 2. The van der Waals surface area contributed by atoms with E-state index in [0.29, 0.717) is 47.4 Å². The van der Waals surface area contributed by atoms with Crippen LogP contribution in [0.5, 0.6) is 0 Å². The van der Waals surface area contributed by atoms with Gasteiger partial charge in [-0.05, 0) is 105 Å². The highest BCUT2D eigenvalue weighted by molar-refractivity contribution is 5.86. The molecular weight excluding hydrogens is 360 g/mol. The van der Waals surface area contributed by atoms with Crippen molar-refractivity contribution in [1.29, 1.82) is 0 Å². The van der Waals surface area contributed by atoms with Crippen molar-refractivity contribution in [2.75, 3.05) is 6.61 Å². The lowest BCUT2D eigenvalue weighted by molar-refractivity contribution is -0.173. The molecule has 4 fully saturated rings. The first-order valence-electron chi connectivity index (χ1n) is 12.6. The number of hydrogen-bond donors (Lipinski definition) is 2. The third-order valence-corrected chi connectivity index (χ3v) is 10.7. The monoisotopic (exact) mass is 404 g/mol. The summed E-state index contributed by atoms with van der Waals surface area (Å²) in [6.07, 6.45) is 10.6. The molecule has 0 aromatic heterocycles. The van der Waals surface area contributed by atoms with Crippen LogP contribution in [0.2, 0.25) is 0 Å². The summed E-state index contributed by atoms with van der Waals surface area (Å²) < 4.78 is 0. The average molecular weight is 405 g/mol. The molecule has 4 aliphatic carbocycles. The van der Waals surface area contributed by atoms with Gasteiger partial charge in [0, 0.05) is 18.4 Å². The molecule has 0 heterocycles. The molecule has 0 amide bonds. The number of carbonyl (C=O) groups excluding carboxylic acids is 1. The van der Waals surface area contributed by atoms with Gasteiger partial charge in [0.05, 0.1) is 6.10 Å². The van der Waals surface area contributed by atoms with Crippen molar-refractivity contribution in [2.45, 2.75) is 98.0 Å². The standard InChI is InChI=1S/C26H44O3/c1-5-18-22-15-17(28)10-12-26(22,4)21-11-13-25(3)19(16(2)7-6-14-27)8-9-20(25)23(21)24(18)29/h16-23,27-28H,5-15H2,1-4H3/t16-,17-,18-,19-,20+,21+,22+,23+,25-,26-/m1/s1. The molecule has 0 aromatic carbocycles. The summed E-state index contributed by atoms with van der Waals surface area (Å²) in [5, 5.41) is 19.7. The summed E-state index contributed by atoms with van der Waals surface area (Å²) in [4.78, 5) is 13.9.